The molecule has 0 aromatic heterocycles. The average Bonchev–Trinajstić information content (AvgIpc) is 2.53. The number of hydrogen-bond acceptors (Lipinski definition) is 5. The third kappa shape index (κ3) is 5.59. The van der Waals surface area contributed by atoms with Gasteiger partial charge in [0.1, 0.15) is 12.8 Å². The van der Waals surface area contributed by atoms with Crippen LogP contribution >= 0.6 is 7.60 Å². The average molecular weight is 426 g/mol. The fourth-order valence-electron chi connectivity index (χ4n) is 3.00. The molecule has 10 heteroatoms. The Bertz CT molecular complexity index is 748. The fourth-order valence-corrected chi connectivity index (χ4v) is 5.56. The van der Waals surface area contributed by atoms with Gasteiger partial charge in [-0.25, -0.2) is 4.39 Å². The summed E-state index contributed by atoms with van der Waals surface area (Å²) in [5.74, 6) is -1.30. The van der Waals surface area contributed by atoms with Crippen molar-refractivity contribution in [3.05, 3.63) is 29.8 Å². The molecule has 1 atom stereocenters. The van der Waals surface area contributed by atoms with Crippen molar-refractivity contribution in [3.8, 4) is 0 Å². The molecule has 0 amide bonds. The molecular weight excluding hydrogens is 398 g/mol. The van der Waals surface area contributed by atoms with Crippen LogP contribution in [0.2, 0.25) is 0 Å². The highest BCUT2D eigenvalue weighted by Crippen LogP contribution is 2.59. The van der Waals surface area contributed by atoms with E-state index in [4.69, 9.17) is 8.92 Å². The molecule has 0 aliphatic carbocycles. The molecule has 0 aliphatic heterocycles. The van der Waals surface area contributed by atoms with Gasteiger partial charge >= 0.3 is 7.60 Å². The van der Waals surface area contributed by atoms with Crippen molar-refractivity contribution >= 4 is 17.7 Å². The number of halogens is 1. The second-order valence-corrected chi connectivity index (χ2v) is 10.5. The molecule has 0 radical (unpaired) electrons. The molecule has 0 unspecified atom stereocenters. The van der Waals surface area contributed by atoms with Crippen molar-refractivity contribution in [1.29, 1.82) is 0 Å². The molecule has 0 bridgehead atoms. The molecule has 0 fully saturated rings. The van der Waals surface area contributed by atoms with Crippen LogP contribution in [0.3, 0.4) is 0 Å². The molecule has 0 saturated heterocycles. The molecular formula is C17H28FO7PS. The summed E-state index contributed by atoms with van der Waals surface area (Å²) in [7, 11) is -8.96. The van der Waals surface area contributed by atoms with Crippen molar-refractivity contribution < 1.29 is 36.1 Å². The summed E-state index contributed by atoms with van der Waals surface area (Å²) in [6.45, 7) is 6.15. The van der Waals surface area contributed by atoms with E-state index in [2.05, 4.69) is 0 Å². The zero-order valence-corrected chi connectivity index (χ0v) is 17.8. The van der Waals surface area contributed by atoms with Gasteiger partial charge in [0.25, 0.3) is 10.1 Å². The van der Waals surface area contributed by atoms with E-state index in [1.165, 1.54) is 12.1 Å². The molecule has 1 aromatic rings. The number of hydrogen-bond donors (Lipinski definition) is 2. The third-order valence-electron chi connectivity index (χ3n) is 4.36. The van der Waals surface area contributed by atoms with E-state index in [9.17, 15) is 27.2 Å². The lowest BCUT2D eigenvalue weighted by molar-refractivity contribution is -0.121. The smallest absolute Gasteiger partial charge is 0.353 e. The van der Waals surface area contributed by atoms with Crippen molar-refractivity contribution in [2.75, 3.05) is 13.3 Å². The Morgan fingerprint density at radius 1 is 1.11 bits per heavy atom. The summed E-state index contributed by atoms with van der Waals surface area (Å²) >= 11 is 0. The number of alkyl halides is 1. The predicted octanol–water partition coefficient (Wildman–Crippen LogP) is 3.24. The van der Waals surface area contributed by atoms with Crippen LogP contribution in [0.4, 0.5) is 4.39 Å². The first-order valence-electron chi connectivity index (χ1n) is 8.53. The maximum Gasteiger partial charge on any atom is 0.357 e. The van der Waals surface area contributed by atoms with Crippen LogP contribution in [0.15, 0.2) is 29.2 Å². The van der Waals surface area contributed by atoms with Crippen LogP contribution in [-0.4, -0.2) is 42.9 Å². The lowest BCUT2D eigenvalue weighted by Gasteiger charge is -2.42. The monoisotopic (exact) mass is 426 g/mol. The van der Waals surface area contributed by atoms with E-state index in [1.807, 2.05) is 0 Å². The first-order valence-corrected chi connectivity index (χ1v) is 11.6. The Morgan fingerprint density at radius 3 is 1.96 bits per heavy atom. The minimum atomic E-state index is -4.81. The van der Waals surface area contributed by atoms with Crippen molar-refractivity contribution in [2.24, 2.45) is 11.8 Å². The molecule has 156 valence electrons. The number of ether oxygens (including phenoxy) is 1. The van der Waals surface area contributed by atoms with E-state index in [0.717, 1.165) is 5.56 Å². The SMILES string of the molecule is Cc1ccc(S(=O)(=O)OC[C@@H](CF)OC(C(C)C)(C(C)C)P(=O)(O)O)cc1. The van der Waals surface area contributed by atoms with E-state index in [0.29, 0.717) is 0 Å². The molecule has 0 spiro atoms. The van der Waals surface area contributed by atoms with Crippen LogP contribution in [0.1, 0.15) is 33.3 Å². The molecule has 1 rings (SSSR count). The quantitative estimate of drug-likeness (QED) is 0.436. The molecule has 27 heavy (non-hydrogen) atoms. The zero-order chi connectivity index (χ0) is 21.0. The summed E-state index contributed by atoms with van der Waals surface area (Å²) in [6.07, 6.45) is -1.46. The highest BCUT2D eigenvalue weighted by molar-refractivity contribution is 7.86. The highest BCUT2D eigenvalue weighted by atomic mass is 32.2. The first-order chi connectivity index (χ1) is 12.3. The Kier molecular flexibility index (Phi) is 8.17. The van der Waals surface area contributed by atoms with Gasteiger partial charge in [-0.1, -0.05) is 45.4 Å². The van der Waals surface area contributed by atoms with E-state index in [1.54, 1.807) is 46.8 Å². The third-order valence-corrected chi connectivity index (χ3v) is 7.70. The van der Waals surface area contributed by atoms with Gasteiger partial charge in [0.15, 0.2) is 5.34 Å². The van der Waals surface area contributed by atoms with Crippen LogP contribution in [0.5, 0.6) is 0 Å². The number of rotatable bonds is 10. The van der Waals surface area contributed by atoms with Crippen molar-refractivity contribution in [2.45, 2.75) is 51.0 Å². The molecule has 0 heterocycles. The lowest BCUT2D eigenvalue weighted by atomic mass is 9.95. The second kappa shape index (κ2) is 9.11. The van der Waals surface area contributed by atoms with Crippen LogP contribution in [-0.2, 0) is 23.6 Å². The van der Waals surface area contributed by atoms with Gasteiger partial charge in [0.05, 0.1) is 11.5 Å². The van der Waals surface area contributed by atoms with E-state index < -0.39 is 54.3 Å². The summed E-state index contributed by atoms with van der Waals surface area (Å²) < 4.78 is 60.5. The fraction of sp³-hybridized carbons (Fsp3) is 0.647. The standard InChI is InChI=1S/C17H28FO7PS/c1-12(2)17(13(3)4,26(19,20)21)25-15(10-18)11-24-27(22,23)16-8-6-14(5)7-9-16/h6-9,12-13,15H,10-11H2,1-5H3,(H2,19,20,21)/t15-/m1/s1. The maximum atomic E-state index is 13.5. The topological polar surface area (TPSA) is 110 Å². The van der Waals surface area contributed by atoms with Crippen LogP contribution in [0.25, 0.3) is 0 Å². The second-order valence-electron chi connectivity index (χ2n) is 7.05. The van der Waals surface area contributed by atoms with Gasteiger partial charge in [0, 0.05) is 0 Å². The van der Waals surface area contributed by atoms with Gasteiger partial charge in [-0.15, -0.1) is 0 Å². The largest absolute Gasteiger partial charge is 0.357 e. The van der Waals surface area contributed by atoms with Crippen molar-refractivity contribution in [1.82, 2.24) is 0 Å². The summed E-state index contributed by atoms with van der Waals surface area (Å²) in [6, 6.07) is 5.90. The minimum Gasteiger partial charge on any atom is -0.353 e. The normalized spacial score (nSPS) is 14.7. The predicted molar refractivity (Wildman–Crippen MR) is 99.6 cm³/mol. The van der Waals surface area contributed by atoms with Crippen LogP contribution < -0.4 is 0 Å². The van der Waals surface area contributed by atoms with Gasteiger partial charge in [-0.05, 0) is 30.9 Å². The molecule has 0 aliphatic rings. The maximum absolute atomic E-state index is 13.5. The molecule has 2 N–H and O–H groups in total. The summed E-state index contributed by atoms with van der Waals surface area (Å²) in [5, 5.41) is -1.96. The lowest BCUT2D eigenvalue weighted by Crippen LogP contribution is -2.47. The van der Waals surface area contributed by atoms with Crippen LogP contribution in [0, 0.1) is 18.8 Å². The number of benzene rings is 1. The minimum absolute atomic E-state index is 0.0975. The highest BCUT2D eigenvalue weighted by Gasteiger charge is 2.54. The Morgan fingerprint density at radius 2 is 1.59 bits per heavy atom. The first kappa shape index (κ1) is 24.2. The van der Waals surface area contributed by atoms with Gasteiger partial charge in [-0.3, -0.25) is 8.75 Å². The Labute approximate surface area is 160 Å². The summed E-state index contributed by atoms with van der Waals surface area (Å²) in [4.78, 5) is 19.6. The van der Waals surface area contributed by atoms with Gasteiger partial charge in [-0.2, -0.15) is 8.42 Å². The molecule has 0 saturated carbocycles. The molecule has 7 nitrogen and oxygen atoms in total. The van der Waals surface area contributed by atoms with Crippen molar-refractivity contribution in [3.63, 3.8) is 0 Å². The Hall–Kier alpha value is -0.830. The molecule has 1 aromatic carbocycles. The number of aryl methyl sites for hydroxylation is 1. The Balaban J connectivity index is 3.03. The van der Waals surface area contributed by atoms with E-state index >= 15 is 0 Å². The van der Waals surface area contributed by atoms with Gasteiger partial charge < -0.3 is 14.5 Å². The summed E-state index contributed by atoms with van der Waals surface area (Å²) in [5.41, 5.74) is 0.860. The van der Waals surface area contributed by atoms with Gasteiger partial charge in [0.2, 0.25) is 0 Å². The zero-order valence-electron chi connectivity index (χ0n) is 16.1. The van der Waals surface area contributed by atoms with E-state index in [-0.39, 0.29) is 4.90 Å².